The van der Waals surface area contributed by atoms with Gasteiger partial charge >= 0.3 is 0 Å². The van der Waals surface area contributed by atoms with E-state index >= 15 is 0 Å². The molecule has 0 saturated heterocycles. The van der Waals surface area contributed by atoms with Crippen molar-refractivity contribution in [3.8, 4) is 22.9 Å². The average molecular weight is 459 g/mol. The number of imidazole rings is 1. The number of benzene rings is 2. The van der Waals surface area contributed by atoms with Gasteiger partial charge in [-0.3, -0.25) is 0 Å². The van der Waals surface area contributed by atoms with E-state index < -0.39 is 0 Å². The largest absolute Gasteiger partial charge is 0.493 e. The Kier molecular flexibility index (Phi) is 4.08. The van der Waals surface area contributed by atoms with Crippen LogP contribution < -0.4 is 9.47 Å². The van der Waals surface area contributed by atoms with Gasteiger partial charge in [0.15, 0.2) is 11.5 Å². The molecule has 6 heteroatoms. The van der Waals surface area contributed by atoms with Gasteiger partial charge < -0.3 is 14.5 Å². The predicted octanol–water partition coefficient (Wildman–Crippen LogP) is 4.61. The van der Waals surface area contributed by atoms with Gasteiger partial charge in [-0.15, -0.1) is 0 Å². The van der Waals surface area contributed by atoms with E-state index in [2.05, 4.69) is 54.6 Å². The van der Waals surface area contributed by atoms with Crippen LogP contribution in [0.15, 0.2) is 34.8 Å². The second-order valence-corrected chi connectivity index (χ2v) is 6.53. The van der Waals surface area contributed by atoms with Crippen LogP contribution in [0.25, 0.3) is 22.4 Å². The normalized spacial score (nSPS) is 10.9. The summed E-state index contributed by atoms with van der Waals surface area (Å²) in [6.07, 6.45) is 0. The van der Waals surface area contributed by atoms with Crippen LogP contribution in [0, 0.1) is 3.57 Å². The lowest BCUT2D eigenvalue weighted by Crippen LogP contribution is -1.89. The van der Waals surface area contributed by atoms with Crippen LogP contribution >= 0.6 is 38.5 Å². The van der Waals surface area contributed by atoms with Crippen molar-refractivity contribution in [2.75, 3.05) is 14.2 Å². The van der Waals surface area contributed by atoms with Crippen molar-refractivity contribution < 1.29 is 9.47 Å². The molecule has 0 aliphatic rings. The van der Waals surface area contributed by atoms with E-state index in [1.807, 2.05) is 24.3 Å². The molecule has 2 aromatic carbocycles. The number of rotatable bonds is 3. The first-order valence-corrected chi connectivity index (χ1v) is 8.06. The molecule has 1 aromatic heterocycles. The Labute approximate surface area is 144 Å². The van der Waals surface area contributed by atoms with E-state index in [0.29, 0.717) is 11.5 Å². The van der Waals surface area contributed by atoms with Gasteiger partial charge in [-0.05, 0) is 40.8 Å². The van der Waals surface area contributed by atoms with Crippen LogP contribution in [-0.2, 0) is 0 Å². The molecule has 3 rings (SSSR count). The van der Waals surface area contributed by atoms with Gasteiger partial charge in [-0.25, -0.2) is 4.98 Å². The molecular weight excluding hydrogens is 447 g/mol. The quantitative estimate of drug-likeness (QED) is 0.583. The van der Waals surface area contributed by atoms with Crippen LogP contribution in [0.3, 0.4) is 0 Å². The molecule has 3 aromatic rings. The average Bonchev–Trinajstić information content (AvgIpc) is 2.90. The number of aromatic nitrogens is 2. The number of halogens is 2. The molecule has 1 N–H and O–H groups in total. The summed E-state index contributed by atoms with van der Waals surface area (Å²) >= 11 is 5.86. The van der Waals surface area contributed by atoms with Crippen molar-refractivity contribution in [2.24, 2.45) is 0 Å². The molecular formula is C15H12BrIN2O2. The first kappa shape index (κ1) is 14.6. The maximum Gasteiger partial charge on any atom is 0.163 e. The molecule has 0 bridgehead atoms. The summed E-state index contributed by atoms with van der Waals surface area (Å²) in [6.45, 7) is 0. The van der Waals surface area contributed by atoms with Crippen molar-refractivity contribution in [1.29, 1.82) is 0 Å². The lowest BCUT2D eigenvalue weighted by molar-refractivity contribution is 0.356. The fourth-order valence-electron chi connectivity index (χ4n) is 2.14. The molecule has 0 aliphatic heterocycles. The summed E-state index contributed by atoms with van der Waals surface area (Å²) in [6, 6.07) is 9.91. The summed E-state index contributed by atoms with van der Waals surface area (Å²) in [5, 5.41) is 0. The third kappa shape index (κ3) is 2.74. The number of H-pyrrole nitrogens is 1. The number of fused-ring (bicyclic) bond motifs is 1. The highest BCUT2D eigenvalue weighted by molar-refractivity contribution is 14.1. The topological polar surface area (TPSA) is 47.1 Å². The molecule has 0 atom stereocenters. The molecule has 4 nitrogen and oxygen atoms in total. The number of methoxy groups -OCH3 is 2. The summed E-state index contributed by atoms with van der Waals surface area (Å²) in [5.74, 6) is 2.16. The number of nitrogens with zero attached hydrogens (tertiary/aromatic N) is 1. The molecule has 0 radical (unpaired) electrons. The van der Waals surface area contributed by atoms with Crippen molar-refractivity contribution in [2.45, 2.75) is 0 Å². The van der Waals surface area contributed by atoms with Gasteiger partial charge in [-0.2, -0.15) is 0 Å². The highest BCUT2D eigenvalue weighted by Crippen LogP contribution is 2.34. The molecule has 0 spiro atoms. The number of hydrogen-bond donors (Lipinski definition) is 1. The van der Waals surface area contributed by atoms with E-state index in [9.17, 15) is 0 Å². The van der Waals surface area contributed by atoms with Crippen LogP contribution in [0.2, 0.25) is 0 Å². The molecule has 0 unspecified atom stereocenters. The summed E-state index contributed by atoms with van der Waals surface area (Å²) in [7, 11) is 3.24. The van der Waals surface area contributed by atoms with Gasteiger partial charge in [0.25, 0.3) is 0 Å². The SMILES string of the molecule is COc1cc2nc(-c3cc(I)ccc3Br)[nH]c2cc1OC. The third-order valence-corrected chi connectivity index (χ3v) is 4.53. The fraction of sp³-hybridized carbons (Fsp3) is 0.133. The standard InChI is InChI=1S/C15H12BrIN2O2/c1-20-13-6-11-12(7-14(13)21-2)19-15(18-11)9-5-8(17)3-4-10(9)16/h3-7H,1-2H3,(H,18,19). The zero-order valence-corrected chi connectivity index (χ0v) is 15.1. The van der Waals surface area contributed by atoms with Gasteiger partial charge in [0.1, 0.15) is 5.82 Å². The van der Waals surface area contributed by atoms with Gasteiger partial charge in [-0.1, -0.05) is 15.9 Å². The highest BCUT2D eigenvalue weighted by atomic mass is 127. The smallest absolute Gasteiger partial charge is 0.163 e. The molecule has 21 heavy (non-hydrogen) atoms. The van der Waals surface area contributed by atoms with Crippen LogP contribution in [0.5, 0.6) is 11.5 Å². The summed E-state index contributed by atoms with van der Waals surface area (Å²) in [4.78, 5) is 7.97. The Bertz CT molecular complexity index is 776. The third-order valence-electron chi connectivity index (χ3n) is 3.17. The monoisotopic (exact) mass is 458 g/mol. The minimum Gasteiger partial charge on any atom is -0.493 e. The van der Waals surface area contributed by atoms with E-state index in [1.54, 1.807) is 14.2 Å². The van der Waals surface area contributed by atoms with E-state index in [0.717, 1.165) is 30.5 Å². The van der Waals surface area contributed by atoms with Gasteiger partial charge in [0.2, 0.25) is 0 Å². The van der Waals surface area contributed by atoms with Crippen LogP contribution in [0.4, 0.5) is 0 Å². The zero-order chi connectivity index (χ0) is 15.0. The number of hydrogen-bond acceptors (Lipinski definition) is 3. The lowest BCUT2D eigenvalue weighted by atomic mass is 10.2. The molecule has 0 fully saturated rings. The molecule has 1 heterocycles. The molecule has 0 saturated carbocycles. The number of ether oxygens (including phenoxy) is 2. The molecule has 0 aliphatic carbocycles. The molecule has 0 amide bonds. The van der Waals surface area contributed by atoms with E-state index in [4.69, 9.17) is 9.47 Å². The minimum absolute atomic E-state index is 0.671. The van der Waals surface area contributed by atoms with Crippen LogP contribution in [-0.4, -0.2) is 24.2 Å². The Morgan fingerprint density at radius 1 is 1.10 bits per heavy atom. The summed E-state index contributed by atoms with van der Waals surface area (Å²) < 4.78 is 12.8. The van der Waals surface area contributed by atoms with Crippen LogP contribution in [0.1, 0.15) is 0 Å². The van der Waals surface area contributed by atoms with Crippen molar-refractivity contribution in [3.63, 3.8) is 0 Å². The lowest BCUT2D eigenvalue weighted by Gasteiger charge is -2.06. The Hall–Kier alpha value is -1.28. The minimum atomic E-state index is 0.671. The van der Waals surface area contributed by atoms with Crippen molar-refractivity contribution in [1.82, 2.24) is 9.97 Å². The maximum atomic E-state index is 5.32. The second kappa shape index (κ2) is 5.84. The summed E-state index contributed by atoms with van der Waals surface area (Å²) in [5.41, 5.74) is 2.78. The first-order chi connectivity index (χ1) is 10.1. The number of aromatic amines is 1. The van der Waals surface area contributed by atoms with Gasteiger partial charge in [0.05, 0.1) is 25.3 Å². The van der Waals surface area contributed by atoms with E-state index in [1.165, 1.54) is 0 Å². The molecule has 108 valence electrons. The van der Waals surface area contributed by atoms with E-state index in [-0.39, 0.29) is 0 Å². The van der Waals surface area contributed by atoms with Gasteiger partial charge in [0, 0.05) is 25.7 Å². The fourth-order valence-corrected chi connectivity index (χ4v) is 3.07. The first-order valence-electron chi connectivity index (χ1n) is 6.19. The Morgan fingerprint density at radius 3 is 2.52 bits per heavy atom. The van der Waals surface area contributed by atoms with Crippen molar-refractivity contribution in [3.05, 3.63) is 38.4 Å². The predicted molar refractivity (Wildman–Crippen MR) is 95.1 cm³/mol. The zero-order valence-electron chi connectivity index (χ0n) is 11.4. The maximum absolute atomic E-state index is 5.32. The Morgan fingerprint density at radius 2 is 1.81 bits per heavy atom. The highest BCUT2D eigenvalue weighted by Gasteiger charge is 2.13. The van der Waals surface area contributed by atoms with Crippen molar-refractivity contribution >= 4 is 49.6 Å². The number of nitrogens with one attached hydrogen (secondary N) is 1. The Balaban J connectivity index is 2.19. The second-order valence-electron chi connectivity index (χ2n) is 4.43.